The van der Waals surface area contributed by atoms with Crippen LogP contribution in [-0.2, 0) is 17.6 Å². The normalized spacial score (nSPS) is 14.1. The molecule has 0 N–H and O–H groups in total. The molecular formula is C19H17BrFNO2. The fourth-order valence-corrected chi connectivity index (χ4v) is 3.47. The summed E-state index contributed by atoms with van der Waals surface area (Å²) in [4.78, 5) is 26.5. The third-order valence-electron chi connectivity index (χ3n) is 4.33. The number of nitrogens with zero attached hydrogens (tertiary/aromatic N) is 1. The number of hydrogen-bond acceptors (Lipinski definition) is 2. The van der Waals surface area contributed by atoms with Crippen LogP contribution in [0.4, 0.5) is 15.8 Å². The number of rotatable bonds is 3. The van der Waals surface area contributed by atoms with Gasteiger partial charge in [0.25, 0.3) is 0 Å². The Balaban J connectivity index is 2.31. The van der Waals surface area contributed by atoms with E-state index in [1.165, 1.54) is 12.1 Å². The minimum Gasteiger partial charge on any atom is -0.294 e. The molecule has 0 aliphatic carbocycles. The van der Waals surface area contributed by atoms with Crippen molar-refractivity contribution in [2.45, 2.75) is 33.1 Å². The Morgan fingerprint density at radius 1 is 1.12 bits per heavy atom. The van der Waals surface area contributed by atoms with Crippen LogP contribution >= 0.6 is 15.9 Å². The van der Waals surface area contributed by atoms with E-state index in [0.717, 1.165) is 29.7 Å². The first-order valence-electron chi connectivity index (χ1n) is 7.93. The van der Waals surface area contributed by atoms with Gasteiger partial charge in [0, 0.05) is 5.56 Å². The summed E-state index contributed by atoms with van der Waals surface area (Å²) in [5.74, 6) is -1.12. The zero-order valence-electron chi connectivity index (χ0n) is 13.5. The van der Waals surface area contributed by atoms with Gasteiger partial charge >= 0.3 is 0 Å². The summed E-state index contributed by atoms with van der Waals surface area (Å²) in [5, 5.41) is 0. The van der Waals surface area contributed by atoms with Crippen LogP contribution in [0.25, 0.3) is 0 Å². The summed E-state index contributed by atoms with van der Waals surface area (Å²) < 4.78 is 14.1. The van der Waals surface area contributed by atoms with Crippen molar-refractivity contribution in [1.29, 1.82) is 0 Å². The number of carbonyl (C=O) groups excluding carboxylic acids is 2. The molecule has 3 rings (SSSR count). The lowest BCUT2D eigenvalue weighted by molar-refractivity contribution is -0.117. The van der Waals surface area contributed by atoms with Crippen molar-refractivity contribution in [2.75, 3.05) is 4.90 Å². The third kappa shape index (κ3) is 2.67. The Labute approximate surface area is 148 Å². The highest BCUT2D eigenvalue weighted by atomic mass is 79.9. The van der Waals surface area contributed by atoms with Crippen molar-refractivity contribution in [3.63, 3.8) is 0 Å². The van der Waals surface area contributed by atoms with E-state index in [-0.39, 0.29) is 28.1 Å². The number of fused-ring (bicyclic) bond motifs is 1. The lowest BCUT2D eigenvalue weighted by Crippen LogP contribution is -2.35. The second kappa shape index (κ2) is 6.48. The van der Waals surface area contributed by atoms with Crippen LogP contribution in [0, 0.1) is 5.82 Å². The standard InChI is InChI=1S/C19H17BrFNO2/c1-3-11-6-5-7-12(4-2)19(11)22-16-9-14(20)15(21)8-13(16)17(23)10-18(22)24/h5-9H,3-4,10H2,1-2H3. The molecule has 0 atom stereocenters. The maximum Gasteiger partial charge on any atom is 0.239 e. The monoisotopic (exact) mass is 389 g/mol. The van der Waals surface area contributed by atoms with Crippen molar-refractivity contribution in [1.82, 2.24) is 0 Å². The number of benzene rings is 2. The van der Waals surface area contributed by atoms with Gasteiger partial charge < -0.3 is 0 Å². The zero-order valence-corrected chi connectivity index (χ0v) is 15.1. The fraction of sp³-hybridized carbons (Fsp3) is 0.263. The fourth-order valence-electron chi connectivity index (χ4n) is 3.14. The van der Waals surface area contributed by atoms with E-state index >= 15 is 0 Å². The average Bonchev–Trinajstić information content (AvgIpc) is 2.56. The van der Waals surface area contributed by atoms with Crippen LogP contribution in [0.15, 0.2) is 34.8 Å². The molecule has 1 amide bonds. The number of carbonyl (C=O) groups is 2. The molecule has 0 saturated heterocycles. The van der Waals surface area contributed by atoms with E-state index in [1.54, 1.807) is 4.90 Å². The highest BCUT2D eigenvalue weighted by Crippen LogP contribution is 2.40. The van der Waals surface area contributed by atoms with Crippen LogP contribution in [0.5, 0.6) is 0 Å². The van der Waals surface area contributed by atoms with Gasteiger partial charge in [-0.25, -0.2) is 4.39 Å². The van der Waals surface area contributed by atoms with Crippen molar-refractivity contribution < 1.29 is 14.0 Å². The molecule has 0 spiro atoms. The molecule has 0 fully saturated rings. The quantitative estimate of drug-likeness (QED) is 0.695. The predicted molar refractivity (Wildman–Crippen MR) is 95.4 cm³/mol. The Morgan fingerprint density at radius 3 is 2.33 bits per heavy atom. The minimum atomic E-state index is -0.504. The van der Waals surface area contributed by atoms with Gasteiger partial charge in [0.2, 0.25) is 5.91 Å². The van der Waals surface area contributed by atoms with Gasteiger partial charge in [0.15, 0.2) is 5.78 Å². The number of amides is 1. The molecule has 2 aromatic rings. The van der Waals surface area contributed by atoms with Crippen molar-refractivity contribution in [2.24, 2.45) is 0 Å². The van der Waals surface area contributed by atoms with Gasteiger partial charge in [-0.3, -0.25) is 14.5 Å². The number of aryl methyl sites for hydroxylation is 2. The lowest BCUT2D eigenvalue weighted by Gasteiger charge is -2.32. The van der Waals surface area contributed by atoms with Gasteiger partial charge in [-0.2, -0.15) is 0 Å². The predicted octanol–water partition coefficient (Wildman–Crippen LogP) is 4.96. The molecule has 0 unspecified atom stereocenters. The summed E-state index contributed by atoms with van der Waals surface area (Å²) in [7, 11) is 0. The topological polar surface area (TPSA) is 37.4 Å². The number of anilines is 2. The van der Waals surface area contributed by atoms with Gasteiger partial charge in [-0.15, -0.1) is 0 Å². The number of hydrogen-bond donors (Lipinski definition) is 0. The highest BCUT2D eigenvalue weighted by molar-refractivity contribution is 9.10. The van der Waals surface area contributed by atoms with E-state index in [4.69, 9.17) is 0 Å². The van der Waals surface area contributed by atoms with Crippen LogP contribution in [0.1, 0.15) is 41.8 Å². The molecule has 0 saturated carbocycles. The minimum absolute atomic E-state index is 0.237. The number of halogens is 2. The van der Waals surface area contributed by atoms with E-state index in [2.05, 4.69) is 15.9 Å². The molecule has 3 nitrogen and oxygen atoms in total. The number of ketones is 1. The van der Waals surface area contributed by atoms with Crippen molar-refractivity contribution in [3.05, 3.63) is 57.3 Å². The summed E-state index contributed by atoms with van der Waals surface area (Å²) >= 11 is 3.16. The van der Waals surface area contributed by atoms with Crippen LogP contribution in [-0.4, -0.2) is 11.7 Å². The van der Waals surface area contributed by atoms with E-state index in [1.807, 2.05) is 32.0 Å². The molecule has 1 aliphatic heterocycles. The maximum absolute atomic E-state index is 13.9. The second-order valence-corrected chi connectivity index (χ2v) is 6.60. The molecule has 24 heavy (non-hydrogen) atoms. The van der Waals surface area contributed by atoms with Crippen molar-refractivity contribution >= 4 is 39.0 Å². The largest absolute Gasteiger partial charge is 0.294 e. The second-order valence-electron chi connectivity index (χ2n) is 5.74. The Kier molecular flexibility index (Phi) is 4.54. The van der Waals surface area contributed by atoms with Crippen LogP contribution < -0.4 is 4.90 Å². The summed E-state index contributed by atoms with van der Waals surface area (Å²) in [5.41, 5.74) is 3.58. The van der Waals surface area contributed by atoms with Gasteiger partial charge in [0.1, 0.15) is 5.82 Å². The molecule has 0 bridgehead atoms. The molecule has 2 aromatic carbocycles. The Bertz CT molecular complexity index is 825. The number of Topliss-reactive ketones (excluding diaryl/α,β-unsaturated/α-hetero) is 1. The maximum atomic E-state index is 13.9. The third-order valence-corrected chi connectivity index (χ3v) is 4.94. The smallest absolute Gasteiger partial charge is 0.239 e. The van der Waals surface area contributed by atoms with E-state index < -0.39 is 5.82 Å². The molecule has 0 aromatic heterocycles. The van der Waals surface area contributed by atoms with E-state index in [0.29, 0.717) is 5.69 Å². The molecule has 0 radical (unpaired) electrons. The van der Waals surface area contributed by atoms with E-state index in [9.17, 15) is 14.0 Å². The zero-order chi connectivity index (χ0) is 17.4. The van der Waals surface area contributed by atoms with Crippen LogP contribution in [0.3, 0.4) is 0 Å². The summed E-state index contributed by atoms with van der Waals surface area (Å²) in [6.45, 7) is 4.05. The lowest BCUT2D eigenvalue weighted by atomic mass is 9.95. The average molecular weight is 390 g/mol. The molecule has 124 valence electrons. The first-order chi connectivity index (χ1) is 11.5. The number of para-hydroxylation sites is 1. The van der Waals surface area contributed by atoms with Gasteiger partial charge in [-0.05, 0) is 52.0 Å². The SMILES string of the molecule is CCc1cccc(CC)c1N1C(=O)CC(=O)c2cc(F)c(Br)cc21. The van der Waals surface area contributed by atoms with Gasteiger partial charge in [-0.1, -0.05) is 32.0 Å². The van der Waals surface area contributed by atoms with Gasteiger partial charge in [0.05, 0.1) is 22.3 Å². The molecular weight excluding hydrogens is 373 g/mol. The molecule has 1 heterocycles. The first-order valence-corrected chi connectivity index (χ1v) is 8.73. The first kappa shape index (κ1) is 16.8. The summed E-state index contributed by atoms with van der Waals surface area (Å²) in [6.07, 6.45) is 1.28. The highest BCUT2D eigenvalue weighted by Gasteiger charge is 2.33. The molecule has 5 heteroatoms. The molecule has 1 aliphatic rings. The summed E-state index contributed by atoms with van der Waals surface area (Å²) in [6, 6.07) is 8.67. The Hall–Kier alpha value is -2.01. The van der Waals surface area contributed by atoms with Crippen molar-refractivity contribution in [3.8, 4) is 0 Å². The Morgan fingerprint density at radius 2 is 1.75 bits per heavy atom. The van der Waals surface area contributed by atoms with Crippen LogP contribution in [0.2, 0.25) is 0 Å².